The van der Waals surface area contributed by atoms with Crippen LogP contribution in [0.4, 0.5) is 11.4 Å². The van der Waals surface area contributed by atoms with Crippen LogP contribution in [0.25, 0.3) is 21.5 Å². The highest BCUT2D eigenvalue weighted by Crippen LogP contribution is 2.47. The van der Waals surface area contributed by atoms with Crippen LogP contribution >= 0.6 is 0 Å². The monoisotopic (exact) mass is 256 g/mol. The number of hydrogen-bond acceptors (Lipinski definition) is 2. The van der Waals surface area contributed by atoms with E-state index in [0.717, 1.165) is 0 Å². The van der Waals surface area contributed by atoms with Crippen molar-refractivity contribution in [3.63, 3.8) is 0 Å². The number of rotatable bonds is 0. The van der Waals surface area contributed by atoms with E-state index in [1.54, 1.807) is 0 Å². The average Bonchev–Trinajstić information content (AvgIpc) is 2.85. The van der Waals surface area contributed by atoms with Crippen molar-refractivity contribution in [2.75, 3.05) is 10.0 Å². The van der Waals surface area contributed by atoms with Crippen molar-refractivity contribution in [3.05, 3.63) is 73.1 Å². The summed E-state index contributed by atoms with van der Waals surface area (Å²) < 4.78 is 0. The summed E-state index contributed by atoms with van der Waals surface area (Å²) in [6, 6.07) is 17.4. The second-order valence-corrected chi connectivity index (χ2v) is 5.19. The molecule has 0 unspecified atom stereocenters. The number of hydrazine groups is 1. The molecule has 2 heterocycles. The standard InChI is InChI=1S/C18H12N2/c1-2-8-15-13(6-1)12-14-7-5-9-16-17(14)18(15)20-11-4-3-10-19(16)20/h1-12H. The normalized spacial score (nSPS) is 15.4. The van der Waals surface area contributed by atoms with Gasteiger partial charge in [-0.2, -0.15) is 0 Å². The minimum atomic E-state index is 1.25. The molecular formula is C18H12N2. The molecule has 20 heavy (non-hydrogen) atoms. The highest BCUT2D eigenvalue weighted by Gasteiger charge is 2.28. The predicted molar refractivity (Wildman–Crippen MR) is 84.7 cm³/mol. The SMILES string of the molecule is C1=CN2c3cccc4cc5ccccc5c(c34)N2C=C1. The summed E-state index contributed by atoms with van der Waals surface area (Å²) in [5.41, 5.74) is 2.54. The molecule has 0 fully saturated rings. The molecule has 0 N–H and O–H groups in total. The van der Waals surface area contributed by atoms with E-state index >= 15 is 0 Å². The molecule has 2 heteroatoms. The molecule has 0 atom stereocenters. The zero-order chi connectivity index (χ0) is 13.1. The molecule has 3 aromatic carbocycles. The first-order chi connectivity index (χ1) is 9.93. The quantitative estimate of drug-likeness (QED) is 0.543. The van der Waals surface area contributed by atoms with E-state index in [0.29, 0.717) is 0 Å². The van der Waals surface area contributed by atoms with Crippen molar-refractivity contribution in [1.82, 2.24) is 0 Å². The lowest BCUT2D eigenvalue weighted by molar-refractivity contribution is 1.00. The van der Waals surface area contributed by atoms with Crippen molar-refractivity contribution < 1.29 is 0 Å². The lowest BCUT2D eigenvalue weighted by Crippen LogP contribution is -2.32. The molecule has 2 aliphatic rings. The second kappa shape index (κ2) is 3.42. The first-order valence-electron chi connectivity index (χ1n) is 6.81. The molecule has 0 spiro atoms. The van der Waals surface area contributed by atoms with Crippen LogP contribution in [0.2, 0.25) is 0 Å². The summed E-state index contributed by atoms with van der Waals surface area (Å²) in [6.45, 7) is 0. The van der Waals surface area contributed by atoms with Crippen LogP contribution in [0.3, 0.4) is 0 Å². The molecule has 0 saturated heterocycles. The zero-order valence-corrected chi connectivity index (χ0v) is 10.8. The summed E-state index contributed by atoms with van der Waals surface area (Å²) in [6.07, 6.45) is 8.39. The third-order valence-electron chi connectivity index (χ3n) is 4.11. The van der Waals surface area contributed by atoms with Gasteiger partial charge in [-0.05, 0) is 35.1 Å². The fraction of sp³-hybridized carbons (Fsp3) is 0. The maximum atomic E-state index is 2.28. The molecule has 0 saturated carbocycles. The second-order valence-electron chi connectivity index (χ2n) is 5.19. The van der Waals surface area contributed by atoms with Gasteiger partial charge in [0.2, 0.25) is 0 Å². The number of benzene rings is 3. The highest BCUT2D eigenvalue weighted by molar-refractivity contribution is 6.19. The van der Waals surface area contributed by atoms with Crippen LogP contribution in [0.5, 0.6) is 0 Å². The summed E-state index contributed by atoms with van der Waals surface area (Å²) in [5.74, 6) is 0. The van der Waals surface area contributed by atoms with Crippen molar-refractivity contribution in [2.24, 2.45) is 0 Å². The van der Waals surface area contributed by atoms with Gasteiger partial charge in [0.15, 0.2) is 0 Å². The van der Waals surface area contributed by atoms with Gasteiger partial charge < -0.3 is 0 Å². The molecule has 0 radical (unpaired) electrons. The number of fused-ring (bicyclic) bond motifs is 5. The number of anilines is 2. The van der Waals surface area contributed by atoms with Gasteiger partial charge in [0.1, 0.15) is 0 Å². The van der Waals surface area contributed by atoms with E-state index in [4.69, 9.17) is 0 Å². The van der Waals surface area contributed by atoms with E-state index in [9.17, 15) is 0 Å². The summed E-state index contributed by atoms with van der Waals surface area (Å²) in [7, 11) is 0. The molecule has 94 valence electrons. The van der Waals surface area contributed by atoms with E-state index in [1.807, 2.05) is 0 Å². The van der Waals surface area contributed by atoms with Gasteiger partial charge in [-0.25, -0.2) is 0 Å². The van der Waals surface area contributed by atoms with Crippen LogP contribution in [0.15, 0.2) is 73.1 Å². The third kappa shape index (κ3) is 1.09. The molecule has 2 nitrogen and oxygen atoms in total. The molecule has 5 rings (SSSR count). The Morgan fingerprint density at radius 3 is 2.45 bits per heavy atom. The molecule has 3 aromatic rings. The summed E-state index contributed by atoms with van der Waals surface area (Å²) in [4.78, 5) is 0. The highest BCUT2D eigenvalue weighted by atomic mass is 15.6. The van der Waals surface area contributed by atoms with Crippen LogP contribution in [0, 0.1) is 0 Å². The fourth-order valence-corrected chi connectivity index (χ4v) is 3.29. The Bertz CT molecular complexity index is 921. The fourth-order valence-electron chi connectivity index (χ4n) is 3.29. The van der Waals surface area contributed by atoms with Gasteiger partial charge in [0.05, 0.1) is 11.4 Å². The Morgan fingerprint density at radius 1 is 0.700 bits per heavy atom. The lowest BCUT2D eigenvalue weighted by Gasteiger charge is -2.29. The van der Waals surface area contributed by atoms with E-state index in [1.165, 1.54) is 32.9 Å². The topological polar surface area (TPSA) is 6.48 Å². The maximum Gasteiger partial charge on any atom is 0.0808 e. The van der Waals surface area contributed by atoms with Crippen LogP contribution in [-0.4, -0.2) is 0 Å². The van der Waals surface area contributed by atoms with Crippen molar-refractivity contribution in [1.29, 1.82) is 0 Å². The largest absolute Gasteiger partial charge is 0.256 e. The molecular weight excluding hydrogens is 244 g/mol. The Labute approximate surface area is 116 Å². The van der Waals surface area contributed by atoms with Crippen molar-refractivity contribution in [3.8, 4) is 0 Å². The Morgan fingerprint density at radius 2 is 1.50 bits per heavy atom. The average molecular weight is 256 g/mol. The number of allylic oxidation sites excluding steroid dienone is 2. The first kappa shape index (κ1) is 10.1. The minimum Gasteiger partial charge on any atom is -0.256 e. The first-order valence-corrected chi connectivity index (χ1v) is 6.81. The predicted octanol–water partition coefficient (Wildman–Crippen LogP) is 4.58. The molecule has 0 bridgehead atoms. The van der Waals surface area contributed by atoms with E-state index in [2.05, 4.69) is 83.1 Å². The Kier molecular flexibility index (Phi) is 1.73. The lowest BCUT2D eigenvalue weighted by atomic mass is 10.0. The molecule has 0 amide bonds. The van der Waals surface area contributed by atoms with Gasteiger partial charge in [0.25, 0.3) is 0 Å². The molecule has 0 aromatic heterocycles. The molecule has 2 aliphatic heterocycles. The number of nitrogens with zero attached hydrogens (tertiary/aromatic N) is 2. The molecule has 0 aliphatic carbocycles. The van der Waals surface area contributed by atoms with E-state index < -0.39 is 0 Å². The van der Waals surface area contributed by atoms with Gasteiger partial charge >= 0.3 is 0 Å². The smallest absolute Gasteiger partial charge is 0.0808 e. The summed E-state index contributed by atoms with van der Waals surface area (Å²) >= 11 is 0. The number of hydrogen-bond donors (Lipinski definition) is 0. The zero-order valence-electron chi connectivity index (χ0n) is 10.8. The van der Waals surface area contributed by atoms with E-state index in [-0.39, 0.29) is 0 Å². The Hall–Kier alpha value is -2.74. The summed E-state index contributed by atoms with van der Waals surface area (Å²) in [5, 5.41) is 9.67. The van der Waals surface area contributed by atoms with Crippen molar-refractivity contribution in [2.45, 2.75) is 0 Å². The van der Waals surface area contributed by atoms with Gasteiger partial charge in [-0.3, -0.25) is 10.0 Å². The van der Waals surface area contributed by atoms with Crippen LogP contribution in [0.1, 0.15) is 0 Å². The minimum absolute atomic E-state index is 1.25. The van der Waals surface area contributed by atoms with Gasteiger partial charge in [-0.15, -0.1) is 0 Å². The maximum absolute atomic E-state index is 2.28. The van der Waals surface area contributed by atoms with Gasteiger partial charge in [-0.1, -0.05) is 36.4 Å². The van der Waals surface area contributed by atoms with Gasteiger partial charge in [0, 0.05) is 23.2 Å². The van der Waals surface area contributed by atoms with Crippen LogP contribution in [-0.2, 0) is 0 Å². The van der Waals surface area contributed by atoms with Crippen LogP contribution < -0.4 is 10.0 Å². The Balaban J connectivity index is 2.04. The third-order valence-corrected chi connectivity index (χ3v) is 4.11. The van der Waals surface area contributed by atoms with Crippen molar-refractivity contribution >= 4 is 32.9 Å².